The first kappa shape index (κ1) is 16.2. The third-order valence-corrected chi connectivity index (χ3v) is 5.02. The Bertz CT molecular complexity index is 504. The van der Waals surface area contributed by atoms with Crippen LogP contribution in [0.15, 0.2) is 0 Å². The van der Waals surface area contributed by atoms with Crippen LogP contribution >= 0.6 is 0 Å². The van der Waals surface area contributed by atoms with Crippen molar-refractivity contribution in [3.63, 3.8) is 0 Å². The minimum Gasteiger partial charge on any atom is -0.379 e. The van der Waals surface area contributed by atoms with Crippen molar-refractivity contribution in [1.29, 1.82) is 5.26 Å². The molecular weight excluding hydrogens is 298 g/mol. The molecule has 0 radical (unpaired) electrons. The van der Waals surface area contributed by atoms with Crippen molar-refractivity contribution in [3.8, 4) is 6.07 Å². The standard InChI is InChI=1S/C15H23N5O3/c16-3-6-20-13(21)15(17-14(20)22)1-4-18(5-2-15)7-8-19-9-11-23-12-10-19/h1-2,4-12H2,(H,17,22). The van der Waals surface area contributed by atoms with Crippen molar-refractivity contribution in [2.24, 2.45) is 0 Å². The molecule has 126 valence electrons. The monoisotopic (exact) mass is 321 g/mol. The lowest BCUT2D eigenvalue weighted by Crippen LogP contribution is -2.55. The maximum Gasteiger partial charge on any atom is 0.325 e. The molecule has 23 heavy (non-hydrogen) atoms. The van der Waals surface area contributed by atoms with Gasteiger partial charge in [0.15, 0.2) is 0 Å². The molecule has 1 N–H and O–H groups in total. The molecule has 0 saturated carbocycles. The molecule has 3 aliphatic heterocycles. The van der Waals surface area contributed by atoms with Crippen LogP contribution in [0.4, 0.5) is 4.79 Å². The van der Waals surface area contributed by atoms with Crippen LogP contribution in [0.5, 0.6) is 0 Å². The van der Waals surface area contributed by atoms with Gasteiger partial charge in [0.1, 0.15) is 12.1 Å². The van der Waals surface area contributed by atoms with E-state index in [0.717, 1.165) is 57.4 Å². The summed E-state index contributed by atoms with van der Waals surface area (Å²) in [6.45, 7) is 6.96. The Hall–Kier alpha value is -1.69. The predicted octanol–water partition coefficient (Wildman–Crippen LogP) is -0.771. The van der Waals surface area contributed by atoms with Crippen molar-refractivity contribution in [2.75, 3.05) is 59.0 Å². The lowest BCUT2D eigenvalue weighted by molar-refractivity contribution is -0.132. The number of carbonyl (C=O) groups is 2. The highest BCUT2D eigenvalue weighted by atomic mass is 16.5. The average Bonchev–Trinajstić information content (AvgIpc) is 2.80. The number of likely N-dealkylation sites (tertiary alicyclic amines) is 1. The Morgan fingerprint density at radius 2 is 1.70 bits per heavy atom. The summed E-state index contributed by atoms with van der Waals surface area (Å²) < 4.78 is 5.35. The highest BCUT2D eigenvalue weighted by Crippen LogP contribution is 2.29. The Morgan fingerprint density at radius 1 is 1.09 bits per heavy atom. The van der Waals surface area contributed by atoms with Crippen LogP contribution in [-0.2, 0) is 9.53 Å². The Kier molecular flexibility index (Phi) is 4.80. The van der Waals surface area contributed by atoms with Crippen molar-refractivity contribution in [1.82, 2.24) is 20.0 Å². The fraction of sp³-hybridized carbons (Fsp3) is 0.800. The van der Waals surface area contributed by atoms with Gasteiger partial charge in [-0.1, -0.05) is 0 Å². The summed E-state index contributed by atoms with van der Waals surface area (Å²) in [7, 11) is 0. The van der Waals surface area contributed by atoms with E-state index in [4.69, 9.17) is 10.00 Å². The van der Waals surface area contributed by atoms with Gasteiger partial charge in [-0.15, -0.1) is 0 Å². The zero-order valence-corrected chi connectivity index (χ0v) is 13.3. The molecule has 3 amide bonds. The summed E-state index contributed by atoms with van der Waals surface area (Å²) in [6.07, 6.45) is 1.23. The van der Waals surface area contributed by atoms with Gasteiger partial charge in [0.05, 0.1) is 19.3 Å². The van der Waals surface area contributed by atoms with E-state index in [1.807, 2.05) is 6.07 Å². The molecular formula is C15H23N5O3. The zero-order chi connectivity index (χ0) is 16.3. The van der Waals surface area contributed by atoms with Gasteiger partial charge in [0, 0.05) is 39.3 Å². The Morgan fingerprint density at radius 3 is 2.30 bits per heavy atom. The molecule has 8 nitrogen and oxygen atoms in total. The molecule has 0 aromatic heterocycles. The summed E-state index contributed by atoms with van der Waals surface area (Å²) in [6, 6.07) is 1.44. The Balaban J connectivity index is 1.49. The average molecular weight is 321 g/mol. The maximum atomic E-state index is 12.4. The molecule has 3 aliphatic rings. The fourth-order valence-corrected chi connectivity index (χ4v) is 3.50. The molecule has 3 saturated heterocycles. The van der Waals surface area contributed by atoms with Crippen LogP contribution in [-0.4, -0.2) is 91.2 Å². The topological polar surface area (TPSA) is 88.9 Å². The number of rotatable bonds is 4. The number of piperidine rings is 1. The van der Waals surface area contributed by atoms with Crippen molar-refractivity contribution >= 4 is 11.9 Å². The number of nitrogens with zero attached hydrogens (tertiary/aromatic N) is 4. The molecule has 8 heteroatoms. The van der Waals surface area contributed by atoms with Crippen LogP contribution in [0.2, 0.25) is 0 Å². The molecule has 0 aromatic rings. The third kappa shape index (κ3) is 3.32. The Labute approximate surface area is 135 Å². The molecule has 3 rings (SSSR count). The van der Waals surface area contributed by atoms with Gasteiger partial charge < -0.3 is 15.0 Å². The van der Waals surface area contributed by atoms with Crippen LogP contribution in [0.1, 0.15) is 12.8 Å². The van der Waals surface area contributed by atoms with Crippen LogP contribution in [0.3, 0.4) is 0 Å². The number of imide groups is 1. The number of hydrogen-bond acceptors (Lipinski definition) is 6. The van der Waals surface area contributed by atoms with Crippen molar-refractivity contribution in [2.45, 2.75) is 18.4 Å². The lowest BCUT2D eigenvalue weighted by atomic mass is 9.87. The second kappa shape index (κ2) is 6.83. The molecule has 3 fully saturated rings. The third-order valence-electron chi connectivity index (χ3n) is 5.02. The number of morpholine rings is 1. The number of nitrogens with one attached hydrogen (secondary N) is 1. The van der Waals surface area contributed by atoms with E-state index in [-0.39, 0.29) is 12.5 Å². The summed E-state index contributed by atoms with van der Waals surface area (Å²) in [5.74, 6) is -0.239. The van der Waals surface area contributed by atoms with Crippen LogP contribution in [0.25, 0.3) is 0 Å². The lowest BCUT2D eigenvalue weighted by Gasteiger charge is -2.38. The number of hydrogen-bond donors (Lipinski definition) is 1. The summed E-state index contributed by atoms with van der Waals surface area (Å²) in [4.78, 5) is 30.1. The second-order valence-electron chi connectivity index (χ2n) is 6.36. The normalized spacial score (nSPS) is 25.6. The summed E-state index contributed by atoms with van der Waals surface area (Å²) >= 11 is 0. The van der Waals surface area contributed by atoms with Gasteiger partial charge in [0.2, 0.25) is 0 Å². The van der Waals surface area contributed by atoms with E-state index in [1.54, 1.807) is 0 Å². The van der Waals surface area contributed by atoms with Crippen molar-refractivity contribution in [3.05, 3.63) is 0 Å². The minimum atomic E-state index is -0.788. The number of nitriles is 1. The zero-order valence-electron chi connectivity index (χ0n) is 13.3. The SMILES string of the molecule is N#CCN1C(=O)NC2(CCN(CCN3CCOCC3)CC2)C1=O. The number of ether oxygens (including phenoxy) is 1. The quantitative estimate of drug-likeness (QED) is 0.540. The van der Waals surface area contributed by atoms with E-state index in [0.29, 0.717) is 12.8 Å². The molecule has 0 aromatic carbocycles. The highest BCUT2D eigenvalue weighted by Gasteiger charge is 2.52. The van der Waals surface area contributed by atoms with Crippen LogP contribution in [0, 0.1) is 11.3 Å². The molecule has 0 aliphatic carbocycles. The molecule has 0 bridgehead atoms. The summed E-state index contributed by atoms with van der Waals surface area (Å²) in [5, 5.41) is 11.6. The van der Waals surface area contributed by atoms with Gasteiger partial charge in [0.25, 0.3) is 5.91 Å². The van der Waals surface area contributed by atoms with Gasteiger partial charge in [-0.2, -0.15) is 5.26 Å². The highest BCUT2D eigenvalue weighted by molar-refractivity contribution is 6.07. The number of amides is 3. The molecule has 1 spiro atoms. The van der Waals surface area contributed by atoms with E-state index in [2.05, 4.69) is 15.1 Å². The number of carbonyl (C=O) groups excluding carboxylic acids is 2. The maximum absolute atomic E-state index is 12.4. The largest absolute Gasteiger partial charge is 0.379 e. The fourth-order valence-electron chi connectivity index (χ4n) is 3.50. The first-order valence-corrected chi connectivity index (χ1v) is 8.18. The first-order chi connectivity index (χ1) is 11.1. The van der Waals surface area contributed by atoms with Gasteiger partial charge in [-0.25, -0.2) is 9.69 Å². The smallest absolute Gasteiger partial charge is 0.325 e. The minimum absolute atomic E-state index is 0.173. The van der Waals surface area contributed by atoms with E-state index in [1.165, 1.54) is 0 Å². The second-order valence-corrected chi connectivity index (χ2v) is 6.36. The summed E-state index contributed by atoms with van der Waals surface area (Å²) in [5.41, 5.74) is -0.788. The predicted molar refractivity (Wildman–Crippen MR) is 81.5 cm³/mol. The van der Waals surface area contributed by atoms with Gasteiger partial charge >= 0.3 is 6.03 Å². The number of urea groups is 1. The van der Waals surface area contributed by atoms with E-state index >= 15 is 0 Å². The van der Waals surface area contributed by atoms with E-state index in [9.17, 15) is 9.59 Å². The van der Waals surface area contributed by atoms with Gasteiger partial charge in [-0.05, 0) is 12.8 Å². The molecule has 0 atom stereocenters. The molecule has 3 heterocycles. The van der Waals surface area contributed by atoms with Crippen LogP contribution < -0.4 is 5.32 Å². The van der Waals surface area contributed by atoms with Crippen molar-refractivity contribution < 1.29 is 14.3 Å². The van der Waals surface area contributed by atoms with E-state index < -0.39 is 11.6 Å². The first-order valence-electron chi connectivity index (χ1n) is 8.18. The van der Waals surface area contributed by atoms with Gasteiger partial charge in [-0.3, -0.25) is 9.69 Å². The molecule has 0 unspecified atom stereocenters.